The molecule has 0 bridgehead atoms. The van der Waals surface area contributed by atoms with Gasteiger partial charge < -0.3 is 9.84 Å². The standard InChI is InChI=1S/C11H18O3/c1-7(2)4-5-9-6-10(12)8(3)11(13)14-9/h7,9,12H,4-6H2,1-3H3. The lowest BCUT2D eigenvalue weighted by molar-refractivity contribution is -0.147. The number of esters is 1. The van der Waals surface area contributed by atoms with Crippen molar-refractivity contribution in [3.63, 3.8) is 0 Å². The van der Waals surface area contributed by atoms with Gasteiger partial charge in [0, 0.05) is 6.42 Å². The Morgan fingerprint density at radius 1 is 1.57 bits per heavy atom. The zero-order valence-corrected chi connectivity index (χ0v) is 9.04. The van der Waals surface area contributed by atoms with Gasteiger partial charge in [0.05, 0.1) is 5.57 Å². The van der Waals surface area contributed by atoms with Gasteiger partial charge in [-0.3, -0.25) is 0 Å². The summed E-state index contributed by atoms with van der Waals surface area (Å²) in [6.45, 7) is 5.85. The number of rotatable bonds is 3. The molecule has 0 saturated carbocycles. The smallest absolute Gasteiger partial charge is 0.337 e. The van der Waals surface area contributed by atoms with Crippen LogP contribution in [0.5, 0.6) is 0 Å². The van der Waals surface area contributed by atoms with E-state index in [2.05, 4.69) is 13.8 Å². The molecule has 0 aromatic heterocycles. The lowest BCUT2D eigenvalue weighted by atomic mass is 9.99. The molecule has 0 amide bonds. The van der Waals surface area contributed by atoms with Gasteiger partial charge in [-0.05, 0) is 25.7 Å². The van der Waals surface area contributed by atoms with Crippen molar-refractivity contribution in [2.75, 3.05) is 0 Å². The molecule has 0 radical (unpaired) electrons. The molecule has 1 unspecified atom stereocenters. The number of carbonyl (C=O) groups excluding carboxylic acids is 1. The molecule has 0 fully saturated rings. The molecule has 0 aromatic rings. The van der Waals surface area contributed by atoms with Crippen LogP contribution in [0.25, 0.3) is 0 Å². The molecule has 1 heterocycles. The Labute approximate surface area is 84.8 Å². The first-order valence-corrected chi connectivity index (χ1v) is 5.10. The molecule has 0 spiro atoms. The summed E-state index contributed by atoms with van der Waals surface area (Å²) in [6, 6.07) is 0. The van der Waals surface area contributed by atoms with E-state index in [0.717, 1.165) is 12.8 Å². The van der Waals surface area contributed by atoms with Crippen molar-refractivity contribution in [1.82, 2.24) is 0 Å². The number of aliphatic hydroxyl groups is 1. The molecule has 80 valence electrons. The molecule has 3 heteroatoms. The van der Waals surface area contributed by atoms with E-state index in [1.165, 1.54) is 0 Å². The minimum Gasteiger partial charge on any atom is -0.512 e. The van der Waals surface area contributed by atoms with E-state index >= 15 is 0 Å². The summed E-state index contributed by atoms with van der Waals surface area (Å²) in [7, 11) is 0. The van der Waals surface area contributed by atoms with Crippen LogP contribution < -0.4 is 0 Å². The highest BCUT2D eigenvalue weighted by atomic mass is 16.5. The first kappa shape index (κ1) is 11.1. The van der Waals surface area contributed by atoms with Crippen LogP contribution in [0.2, 0.25) is 0 Å². The predicted molar refractivity (Wildman–Crippen MR) is 53.9 cm³/mol. The van der Waals surface area contributed by atoms with Gasteiger partial charge in [0.2, 0.25) is 0 Å². The van der Waals surface area contributed by atoms with E-state index in [0.29, 0.717) is 17.9 Å². The van der Waals surface area contributed by atoms with Crippen molar-refractivity contribution >= 4 is 5.97 Å². The van der Waals surface area contributed by atoms with Crippen LogP contribution in [-0.4, -0.2) is 17.2 Å². The Morgan fingerprint density at radius 2 is 2.21 bits per heavy atom. The van der Waals surface area contributed by atoms with Gasteiger partial charge in [-0.2, -0.15) is 0 Å². The lowest BCUT2D eigenvalue weighted by Crippen LogP contribution is -2.26. The van der Waals surface area contributed by atoms with Crippen molar-refractivity contribution in [3.05, 3.63) is 11.3 Å². The number of aliphatic hydroxyl groups excluding tert-OH is 1. The molecule has 1 atom stereocenters. The second kappa shape index (κ2) is 4.49. The summed E-state index contributed by atoms with van der Waals surface area (Å²) in [6.07, 6.45) is 2.20. The fourth-order valence-corrected chi connectivity index (χ4v) is 1.45. The fourth-order valence-electron chi connectivity index (χ4n) is 1.45. The van der Waals surface area contributed by atoms with Crippen molar-refractivity contribution in [3.8, 4) is 0 Å². The largest absolute Gasteiger partial charge is 0.512 e. The first-order valence-electron chi connectivity index (χ1n) is 5.10. The van der Waals surface area contributed by atoms with Crippen LogP contribution in [0, 0.1) is 5.92 Å². The van der Waals surface area contributed by atoms with Gasteiger partial charge >= 0.3 is 5.97 Å². The molecule has 0 aliphatic carbocycles. The van der Waals surface area contributed by atoms with E-state index in [-0.39, 0.29) is 17.8 Å². The molecular formula is C11H18O3. The number of cyclic esters (lactones) is 1. The predicted octanol–water partition coefficient (Wildman–Crippen LogP) is 2.57. The molecule has 1 aliphatic rings. The van der Waals surface area contributed by atoms with Crippen LogP contribution in [-0.2, 0) is 9.53 Å². The van der Waals surface area contributed by atoms with Crippen LogP contribution >= 0.6 is 0 Å². The Balaban J connectivity index is 2.49. The summed E-state index contributed by atoms with van der Waals surface area (Å²) in [5.74, 6) is 0.417. The Hall–Kier alpha value is -0.990. The Bertz CT molecular complexity index is 253. The lowest BCUT2D eigenvalue weighted by Gasteiger charge is -2.23. The van der Waals surface area contributed by atoms with Gasteiger partial charge in [0.1, 0.15) is 11.9 Å². The highest BCUT2D eigenvalue weighted by Gasteiger charge is 2.25. The van der Waals surface area contributed by atoms with Crippen LogP contribution in [0.15, 0.2) is 11.3 Å². The normalized spacial score (nSPS) is 22.9. The topological polar surface area (TPSA) is 46.5 Å². The second-order valence-corrected chi connectivity index (χ2v) is 4.27. The third-order valence-corrected chi connectivity index (χ3v) is 2.50. The van der Waals surface area contributed by atoms with Crippen molar-refractivity contribution < 1.29 is 14.6 Å². The molecule has 3 nitrogen and oxygen atoms in total. The Morgan fingerprint density at radius 3 is 2.71 bits per heavy atom. The molecule has 1 aliphatic heterocycles. The maximum atomic E-state index is 11.2. The van der Waals surface area contributed by atoms with Crippen molar-refractivity contribution in [2.24, 2.45) is 5.92 Å². The molecule has 0 saturated heterocycles. The zero-order chi connectivity index (χ0) is 10.7. The number of carbonyl (C=O) groups is 1. The SMILES string of the molecule is CC1=C(O)CC(CCC(C)C)OC1=O. The minimum atomic E-state index is -0.373. The average molecular weight is 198 g/mol. The highest BCUT2D eigenvalue weighted by molar-refractivity contribution is 5.89. The number of hydrogen-bond donors (Lipinski definition) is 1. The molecular weight excluding hydrogens is 180 g/mol. The molecule has 1 rings (SSSR count). The average Bonchev–Trinajstić information content (AvgIpc) is 2.10. The summed E-state index contributed by atoms with van der Waals surface area (Å²) in [5.41, 5.74) is 0.353. The van der Waals surface area contributed by atoms with Crippen LogP contribution in [0.4, 0.5) is 0 Å². The maximum absolute atomic E-state index is 11.2. The van der Waals surface area contributed by atoms with E-state index in [1.807, 2.05) is 0 Å². The fraction of sp³-hybridized carbons (Fsp3) is 0.727. The first-order chi connectivity index (χ1) is 6.50. The van der Waals surface area contributed by atoms with Gasteiger partial charge in [-0.25, -0.2) is 4.79 Å². The van der Waals surface area contributed by atoms with E-state index in [1.54, 1.807) is 6.92 Å². The summed E-state index contributed by atoms with van der Waals surface area (Å²) in [4.78, 5) is 11.2. The van der Waals surface area contributed by atoms with Crippen molar-refractivity contribution in [2.45, 2.75) is 46.1 Å². The van der Waals surface area contributed by atoms with Crippen LogP contribution in [0.1, 0.15) is 40.0 Å². The van der Waals surface area contributed by atoms with Gasteiger partial charge in [0.25, 0.3) is 0 Å². The summed E-state index contributed by atoms with van der Waals surface area (Å²) < 4.78 is 5.16. The Kier molecular flexibility index (Phi) is 3.55. The van der Waals surface area contributed by atoms with E-state index in [9.17, 15) is 9.90 Å². The minimum absolute atomic E-state index is 0.131. The quantitative estimate of drug-likeness (QED) is 0.709. The maximum Gasteiger partial charge on any atom is 0.337 e. The molecule has 0 aromatic carbocycles. The molecule has 14 heavy (non-hydrogen) atoms. The third-order valence-electron chi connectivity index (χ3n) is 2.50. The summed E-state index contributed by atoms with van der Waals surface area (Å²) >= 11 is 0. The van der Waals surface area contributed by atoms with Gasteiger partial charge in [0.15, 0.2) is 0 Å². The monoisotopic (exact) mass is 198 g/mol. The van der Waals surface area contributed by atoms with E-state index < -0.39 is 0 Å². The van der Waals surface area contributed by atoms with Crippen LogP contribution in [0.3, 0.4) is 0 Å². The second-order valence-electron chi connectivity index (χ2n) is 4.27. The summed E-state index contributed by atoms with van der Waals surface area (Å²) in [5, 5.41) is 9.46. The molecule has 1 N–H and O–H groups in total. The number of hydrogen-bond acceptors (Lipinski definition) is 3. The highest BCUT2D eigenvalue weighted by Crippen LogP contribution is 2.23. The van der Waals surface area contributed by atoms with Gasteiger partial charge in [-0.1, -0.05) is 13.8 Å². The van der Waals surface area contributed by atoms with Gasteiger partial charge in [-0.15, -0.1) is 0 Å². The number of ether oxygens (including phenoxy) is 1. The van der Waals surface area contributed by atoms with E-state index in [4.69, 9.17) is 4.74 Å². The van der Waals surface area contributed by atoms with Crippen molar-refractivity contribution in [1.29, 1.82) is 0 Å². The third kappa shape index (κ3) is 2.76. The zero-order valence-electron chi connectivity index (χ0n) is 9.04.